The van der Waals surface area contributed by atoms with E-state index in [1.54, 1.807) is 21.9 Å². The Labute approximate surface area is 257 Å². The molecule has 44 heavy (non-hydrogen) atoms. The zero-order valence-corrected chi connectivity index (χ0v) is 25.2. The van der Waals surface area contributed by atoms with Crippen LogP contribution >= 0.6 is 0 Å². The number of rotatable bonds is 13. The van der Waals surface area contributed by atoms with E-state index in [1.807, 2.05) is 37.3 Å². The smallest absolute Gasteiger partial charge is 0.409 e. The summed E-state index contributed by atoms with van der Waals surface area (Å²) in [5, 5.41) is 12.1. The summed E-state index contributed by atoms with van der Waals surface area (Å²) in [6.07, 6.45) is 2.66. The van der Waals surface area contributed by atoms with Crippen molar-refractivity contribution in [2.75, 3.05) is 52.6 Å². The van der Waals surface area contributed by atoms with E-state index in [4.69, 9.17) is 14.2 Å². The molecule has 1 aromatic carbocycles. The van der Waals surface area contributed by atoms with E-state index in [2.05, 4.69) is 10.3 Å². The van der Waals surface area contributed by atoms with Crippen molar-refractivity contribution in [3.8, 4) is 17.0 Å². The summed E-state index contributed by atoms with van der Waals surface area (Å²) in [6.45, 7) is 5.26. The summed E-state index contributed by atoms with van der Waals surface area (Å²) >= 11 is 0. The van der Waals surface area contributed by atoms with Gasteiger partial charge in [0, 0.05) is 63.5 Å². The summed E-state index contributed by atoms with van der Waals surface area (Å²) in [5.74, 6) is -1.28. The minimum Gasteiger partial charge on any atom is -0.493 e. The van der Waals surface area contributed by atoms with Crippen LogP contribution in [0.15, 0.2) is 42.5 Å². The molecule has 0 aliphatic carbocycles. The number of benzene rings is 1. The standard InChI is InChI=1S/C32H42N4O8/c1-2-3-17-43-32(41)36-15-13-35(14-16-36)31(40)26(9-10-29(37)38)34-30(39)28-21-25(44-22-23-11-18-42-19-12-23)20-27(33-28)24-7-5-4-6-8-24/h4-8,20-21,23,26H,2-3,9-19,22H2,1H3,(H,34,39)(H,37,38)/t26-/m0/s1. The van der Waals surface area contributed by atoms with E-state index in [0.717, 1.165) is 31.2 Å². The van der Waals surface area contributed by atoms with Gasteiger partial charge in [-0.2, -0.15) is 0 Å². The van der Waals surface area contributed by atoms with Gasteiger partial charge in [-0.15, -0.1) is 0 Å². The van der Waals surface area contributed by atoms with Gasteiger partial charge in [0.1, 0.15) is 17.5 Å². The second-order valence-electron chi connectivity index (χ2n) is 11.0. The van der Waals surface area contributed by atoms with E-state index >= 15 is 0 Å². The minimum absolute atomic E-state index is 0.0566. The van der Waals surface area contributed by atoms with Crippen molar-refractivity contribution in [1.29, 1.82) is 0 Å². The summed E-state index contributed by atoms with van der Waals surface area (Å²) in [7, 11) is 0. The summed E-state index contributed by atoms with van der Waals surface area (Å²) in [4.78, 5) is 58.5. The lowest BCUT2D eigenvalue weighted by atomic mass is 10.0. The molecule has 12 heteroatoms. The number of amides is 3. The van der Waals surface area contributed by atoms with E-state index in [0.29, 0.717) is 43.8 Å². The molecule has 4 rings (SSSR count). The molecule has 2 aromatic rings. The van der Waals surface area contributed by atoms with Crippen molar-refractivity contribution < 1.29 is 38.5 Å². The fraction of sp³-hybridized carbons (Fsp3) is 0.531. The Bertz CT molecular complexity index is 1260. The van der Waals surface area contributed by atoms with Crippen LogP contribution in [0.25, 0.3) is 11.3 Å². The van der Waals surface area contributed by atoms with Crippen molar-refractivity contribution in [3.05, 3.63) is 48.2 Å². The fourth-order valence-corrected chi connectivity index (χ4v) is 5.07. The minimum atomic E-state index is -1.09. The predicted octanol–water partition coefficient (Wildman–Crippen LogP) is 3.60. The number of pyridine rings is 1. The van der Waals surface area contributed by atoms with Gasteiger partial charge in [0.05, 0.1) is 18.9 Å². The van der Waals surface area contributed by atoms with Gasteiger partial charge in [-0.3, -0.25) is 14.4 Å². The third-order valence-corrected chi connectivity index (χ3v) is 7.75. The van der Waals surface area contributed by atoms with Crippen LogP contribution in [-0.4, -0.2) is 102 Å². The van der Waals surface area contributed by atoms with Crippen LogP contribution in [-0.2, 0) is 19.1 Å². The molecule has 0 spiro atoms. The Hall–Kier alpha value is -4.19. The molecule has 3 heterocycles. The molecule has 238 valence electrons. The van der Waals surface area contributed by atoms with Crippen molar-refractivity contribution in [3.63, 3.8) is 0 Å². The average molecular weight is 611 g/mol. The number of unbranched alkanes of at least 4 members (excludes halogenated alkanes) is 1. The second-order valence-corrected chi connectivity index (χ2v) is 11.0. The van der Waals surface area contributed by atoms with Crippen LogP contribution in [0.4, 0.5) is 4.79 Å². The van der Waals surface area contributed by atoms with E-state index < -0.39 is 29.9 Å². The lowest BCUT2D eigenvalue weighted by Gasteiger charge is -2.36. The van der Waals surface area contributed by atoms with Crippen molar-refractivity contribution in [1.82, 2.24) is 20.1 Å². The Morgan fingerprint density at radius 2 is 1.75 bits per heavy atom. The number of nitrogens with one attached hydrogen (secondary N) is 1. The molecule has 0 bridgehead atoms. The number of carboxylic acids is 1. The van der Waals surface area contributed by atoms with Gasteiger partial charge in [0.2, 0.25) is 5.91 Å². The zero-order valence-electron chi connectivity index (χ0n) is 25.2. The second kappa shape index (κ2) is 16.6. The highest BCUT2D eigenvalue weighted by Crippen LogP contribution is 2.25. The highest BCUT2D eigenvalue weighted by Gasteiger charge is 2.31. The molecule has 0 unspecified atom stereocenters. The number of aromatic nitrogens is 1. The van der Waals surface area contributed by atoms with Crippen molar-refractivity contribution >= 4 is 23.9 Å². The Balaban J connectivity index is 1.47. The molecule has 2 N–H and O–H groups in total. The molecule has 2 aliphatic heterocycles. The van der Waals surface area contributed by atoms with E-state index in [9.17, 15) is 24.3 Å². The first-order chi connectivity index (χ1) is 21.3. The molecule has 2 saturated heterocycles. The molecular formula is C32H42N4O8. The van der Waals surface area contributed by atoms with Crippen LogP contribution in [0.2, 0.25) is 0 Å². The van der Waals surface area contributed by atoms with Crippen LogP contribution in [0.1, 0.15) is 55.9 Å². The van der Waals surface area contributed by atoms with Gasteiger partial charge in [-0.05, 0) is 31.6 Å². The number of hydrogen-bond acceptors (Lipinski definition) is 8. The normalized spacial score (nSPS) is 16.2. The maximum atomic E-state index is 13.6. The third-order valence-electron chi connectivity index (χ3n) is 7.75. The van der Waals surface area contributed by atoms with E-state index in [-0.39, 0.29) is 44.7 Å². The molecule has 1 aromatic heterocycles. The predicted molar refractivity (Wildman–Crippen MR) is 161 cm³/mol. The third kappa shape index (κ3) is 9.66. The molecule has 12 nitrogen and oxygen atoms in total. The first kappa shape index (κ1) is 32.7. The van der Waals surface area contributed by atoms with Gasteiger partial charge >= 0.3 is 12.1 Å². The summed E-state index contributed by atoms with van der Waals surface area (Å²) < 4.78 is 16.8. The first-order valence-corrected chi connectivity index (χ1v) is 15.3. The fourth-order valence-electron chi connectivity index (χ4n) is 5.07. The van der Waals surface area contributed by atoms with Crippen LogP contribution in [0.5, 0.6) is 5.75 Å². The van der Waals surface area contributed by atoms with Crippen LogP contribution in [0.3, 0.4) is 0 Å². The maximum absolute atomic E-state index is 13.6. The highest BCUT2D eigenvalue weighted by atomic mass is 16.6. The van der Waals surface area contributed by atoms with Gasteiger partial charge in [-0.25, -0.2) is 9.78 Å². The van der Waals surface area contributed by atoms with Crippen LogP contribution in [0, 0.1) is 5.92 Å². The lowest BCUT2D eigenvalue weighted by Crippen LogP contribution is -2.56. The number of aliphatic carboxylic acids is 1. The number of carbonyl (C=O) groups is 4. The Morgan fingerprint density at radius 3 is 2.43 bits per heavy atom. The van der Waals surface area contributed by atoms with Gasteiger partial charge in [0.25, 0.3) is 5.91 Å². The molecule has 2 aliphatic rings. The van der Waals surface area contributed by atoms with Gasteiger partial charge in [-0.1, -0.05) is 43.7 Å². The summed E-state index contributed by atoms with van der Waals surface area (Å²) in [6, 6.07) is 11.6. The maximum Gasteiger partial charge on any atom is 0.409 e. The van der Waals surface area contributed by atoms with E-state index in [1.165, 1.54) is 0 Å². The lowest BCUT2D eigenvalue weighted by molar-refractivity contribution is -0.138. The van der Waals surface area contributed by atoms with Gasteiger partial charge < -0.3 is 34.4 Å². The number of ether oxygens (including phenoxy) is 3. The van der Waals surface area contributed by atoms with Crippen molar-refractivity contribution in [2.45, 2.75) is 51.5 Å². The number of hydrogen-bond donors (Lipinski definition) is 2. The molecule has 1 atom stereocenters. The Kier molecular flexibility index (Phi) is 12.3. The van der Waals surface area contributed by atoms with Gasteiger partial charge in [0.15, 0.2) is 0 Å². The zero-order chi connectivity index (χ0) is 31.3. The monoisotopic (exact) mass is 610 g/mol. The van der Waals surface area contributed by atoms with Crippen molar-refractivity contribution in [2.24, 2.45) is 5.92 Å². The average Bonchev–Trinajstić information content (AvgIpc) is 3.06. The molecule has 0 saturated carbocycles. The molecular weight excluding hydrogens is 568 g/mol. The van der Waals surface area contributed by atoms with Crippen LogP contribution < -0.4 is 10.1 Å². The topological polar surface area (TPSA) is 148 Å². The number of carboxylic acid groups (broad SMARTS) is 1. The first-order valence-electron chi connectivity index (χ1n) is 15.3. The number of nitrogens with zero attached hydrogens (tertiary/aromatic N) is 3. The summed E-state index contributed by atoms with van der Waals surface area (Å²) in [5.41, 5.74) is 1.39. The number of piperazine rings is 1. The Morgan fingerprint density at radius 1 is 1.05 bits per heavy atom. The SMILES string of the molecule is CCCCOC(=O)N1CCN(C(=O)[C@H](CCC(=O)O)NC(=O)c2cc(OCC3CCOCC3)cc(-c3ccccc3)n2)CC1. The quantitative estimate of drug-likeness (QED) is 0.325. The number of carbonyl (C=O) groups excluding carboxylic acids is 3. The molecule has 3 amide bonds. The molecule has 0 radical (unpaired) electrons. The largest absolute Gasteiger partial charge is 0.493 e. The molecule has 2 fully saturated rings. The highest BCUT2D eigenvalue weighted by molar-refractivity contribution is 5.97.